The highest BCUT2D eigenvalue weighted by Crippen LogP contribution is 2.25. The zero-order chi connectivity index (χ0) is 10.5. The predicted octanol–water partition coefficient (Wildman–Crippen LogP) is 0.901. The minimum absolute atomic E-state index is 0.0448. The van der Waals surface area contributed by atoms with Crippen molar-refractivity contribution in [2.75, 3.05) is 6.61 Å². The van der Waals surface area contributed by atoms with Crippen molar-refractivity contribution in [2.45, 2.75) is 32.8 Å². The SMILES string of the molecule is C=CC(C)(CO)[C@@H](O)CCC(C)=O. The molecule has 0 heterocycles. The highest BCUT2D eigenvalue weighted by Gasteiger charge is 2.28. The fourth-order valence-electron chi connectivity index (χ4n) is 0.976. The van der Waals surface area contributed by atoms with Crippen LogP contribution < -0.4 is 0 Å². The molecule has 0 aromatic rings. The summed E-state index contributed by atoms with van der Waals surface area (Å²) >= 11 is 0. The van der Waals surface area contributed by atoms with E-state index >= 15 is 0 Å². The van der Waals surface area contributed by atoms with E-state index in [0.29, 0.717) is 12.8 Å². The number of Topliss-reactive ketones (excluding diaryl/α,β-unsaturated/α-hetero) is 1. The fourth-order valence-corrected chi connectivity index (χ4v) is 0.976. The number of ketones is 1. The maximum atomic E-state index is 10.7. The Morgan fingerprint density at radius 3 is 2.54 bits per heavy atom. The molecule has 13 heavy (non-hydrogen) atoms. The third-order valence-corrected chi connectivity index (χ3v) is 2.34. The number of carbonyl (C=O) groups is 1. The number of carbonyl (C=O) groups excluding carboxylic acids is 1. The molecule has 2 N–H and O–H groups in total. The molecule has 0 bridgehead atoms. The molecule has 76 valence electrons. The molecule has 0 aromatic carbocycles. The second-order valence-corrected chi connectivity index (χ2v) is 3.62. The summed E-state index contributed by atoms with van der Waals surface area (Å²) in [7, 11) is 0. The molecule has 3 nitrogen and oxygen atoms in total. The average Bonchev–Trinajstić information content (AvgIpc) is 2.12. The molecule has 0 amide bonds. The molecule has 0 aromatic heterocycles. The largest absolute Gasteiger partial charge is 0.395 e. The van der Waals surface area contributed by atoms with E-state index in [4.69, 9.17) is 5.11 Å². The number of hydrogen-bond acceptors (Lipinski definition) is 3. The number of hydrogen-bond donors (Lipinski definition) is 2. The Labute approximate surface area is 79.1 Å². The first-order chi connectivity index (χ1) is 5.96. The normalized spacial score (nSPS) is 17.5. The molecule has 3 heteroatoms. The molecule has 0 aliphatic rings. The Balaban J connectivity index is 4.14. The van der Waals surface area contributed by atoms with Crippen molar-refractivity contribution < 1.29 is 15.0 Å². The summed E-state index contributed by atoms with van der Waals surface area (Å²) in [5.41, 5.74) is -0.699. The molecule has 2 atom stereocenters. The van der Waals surface area contributed by atoms with Gasteiger partial charge in [-0.25, -0.2) is 0 Å². The van der Waals surface area contributed by atoms with Gasteiger partial charge < -0.3 is 15.0 Å². The lowest BCUT2D eigenvalue weighted by Gasteiger charge is -2.28. The lowest BCUT2D eigenvalue weighted by molar-refractivity contribution is -0.118. The summed E-state index contributed by atoms with van der Waals surface area (Å²) in [6.45, 7) is 6.59. The average molecular weight is 186 g/mol. The van der Waals surface area contributed by atoms with Crippen molar-refractivity contribution in [2.24, 2.45) is 5.41 Å². The zero-order valence-corrected chi connectivity index (χ0v) is 8.29. The summed E-state index contributed by atoms with van der Waals surface area (Å²) < 4.78 is 0. The Morgan fingerprint density at radius 2 is 2.23 bits per heavy atom. The van der Waals surface area contributed by atoms with Gasteiger partial charge in [-0.15, -0.1) is 6.58 Å². The molecule has 0 aliphatic heterocycles. The van der Waals surface area contributed by atoms with Crippen LogP contribution in [-0.2, 0) is 4.79 Å². The van der Waals surface area contributed by atoms with E-state index in [1.165, 1.54) is 13.0 Å². The third-order valence-electron chi connectivity index (χ3n) is 2.34. The van der Waals surface area contributed by atoms with Gasteiger partial charge in [0.25, 0.3) is 0 Å². The van der Waals surface area contributed by atoms with Gasteiger partial charge in [-0.3, -0.25) is 0 Å². The summed E-state index contributed by atoms with van der Waals surface area (Å²) in [5.74, 6) is 0.0448. The number of rotatable bonds is 6. The van der Waals surface area contributed by atoms with Crippen LogP contribution in [-0.4, -0.2) is 28.7 Å². The number of aliphatic hydroxyl groups excluding tert-OH is 2. The van der Waals surface area contributed by atoms with Gasteiger partial charge in [0.1, 0.15) is 5.78 Å². The Morgan fingerprint density at radius 1 is 1.69 bits per heavy atom. The molecule has 0 aliphatic carbocycles. The van der Waals surface area contributed by atoms with Crippen molar-refractivity contribution in [3.05, 3.63) is 12.7 Å². The van der Waals surface area contributed by atoms with Gasteiger partial charge in [-0.2, -0.15) is 0 Å². The van der Waals surface area contributed by atoms with Gasteiger partial charge in [0, 0.05) is 11.8 Å². The maximum absolute atomic E-state index is 10.7. The molecule has 1 unspecified atom stereocenters. The standard InChI is InChI=1S/C10H18O3/c1-4-10(3,7-11)9(13)6-5-8(2)12/h4,9,11,13H,1,5-7H2,2-3H3/t9-,10?/m0/s1. The summed E-state index contributed by atoms with van der Waals surface area (Å²) in [6.07, 6.45) is 1.53. The second kappa shape index (κ2) is 5.14. The molecular weight excluding hydrogens is 168 g/mol. The molecule has 0 rings (SSSR count). The van der Waals surface area contributed by atoms with Crippen LogP contribution >= 0.6 is 0 Å². The van der Waals surface area contributed by atoms with Gasteiger partial charge in [0.2, 0.25) is 0 Å². The molecule has 0 spiro atoms. The smallest absolute Gasteiger partial charge is 0.129 e. The molecule has 0 saturated carbocycles. The Kier molecular flexibility index (Phi) is 4.88. The van der Waals surface area contributed by atoms with Gasteiger partial charge in [0.15, 0.2) is 0 Å². The molecule has 0 radical (unpaired) electrons. The predicted molar refractivity (Wildman–Crippen MR) is 51.3 cm³/mol. The first kappa shape index (κ1) is 12.3. The fraction of sp³-hybridized carbons (Fsp3) is 0.700. The molecular formula is C10H18O3. The van der Waals surface area contributed by atoms with Gasteiger partial charge in [-0.05, 0) is 13.3 Å². The monoisotopic (exact) mass is 186 g/mol. The van der Waals surface area contributed by atoms with Crippen LogP contribution in [0.1, 0.15) is 26.7 Å². The zero-order valence-electron chi connectivity index (χ0n) is 8.29. The number of aliphatic hydroxyl groups is 2. The Hall–Kier alpha value is -0.670. The third kappa shape index (κ3) is 3.70. The highest BCUT2D eigenvalue weighted by atomic mass is 16.3. The van der Waals surface area contributed by atoms with Crippen molar-refractivity contribution in [3.63, 3.8) is 0 Å². The summed E-state index contributed by atoms with van der Waals surface area (Å²) in [5, 5.41) is 18.6. The van der Waals surface area contributed by atoms with Crippen LogP contribution in [0.25, 0.3) is 0 Å². The van der Waals surface area contributed by atoms with Crippen LogP contribution in [0.5, 0.6) is 0 Å². The van der Waals surface area contributed by atoms with Crippen molar-refractivity contribution >= 4 is 5.78 Å². The first-order valence-corrected chi connectivity index (χ1v) is 4.38. The van der Waals surface area contributed by atoms with E-state index in [0.717, 1.165) is 0 Å². The summed E-state index contributed by atoms with van der Waals surface area (Å²) in [6, 6.07) is 0. The van der Waals surface area contributed by atoms with Gasteiger partial charge >= 0.3 is 0 Å². The van der Waals surface area contributed by atoms with E-state index < -0.39 is 11.5 Å². The van der Waals surface area contributed by atoms with Crippen LogP contribution in [0.2, 0.25) is 0 Å². The minimum Gasteiger partial charge on any atom is -0.395 e. The van der Waals surface area contributed by atoms with Crippen LogP contribution in [0.4, 0.5) is 0 Å². The van der Waals surface area contributed by atoms with Gasteiger partial charge in [0.05, 0.1) is 12.7 Å². The van der Waals surface area contributed by atoms with E-state index in [9.17, 15) is 9.90 Å². The lowest BCUT2D eigenvalue weighted by Crippen LogP contribution is -2.34. The Bertz CT molecular complexity index is 189. The maximum Gasteiger partial charge on any atom is 0.129 e. The minimum atomic E-state index is -0.709. The van der Waals surface area contributed by atoms with E-state index in [1.807, 2.05) is 0 Å². The second-order valence-electron chi connectivity index (χ2n) is 3.62. The van der Waals surface area contributed by atoms with Crippen LogP contribution in [0.3, 0.4) is 0 Å². The quantitative estimate of drug-likeness (QED) is 0.606. The molecule has 0 saturated heterocycles. The molecule has 0 fully saturated rings. The van der Waals surface area contributed by atoms with Crippen molar-refractivity contribution in [1.29, 1.82) is 0 Å². The topological polar surface area (TPSA) is 57.5 Å². The van der Waals surface area contributed by atoms with Crippen LogP contribution in [0.15, 0.2) is 12.7 Å². The van der Waals surface area contributed by atoms with E-state index in [2.05, 4.69) is 6.58 Å². The lowest BCUT2D eigenvalue weighted by atomic mass is 9.83. The van der Waals surface area contributed by atoms with E-state index in [1.54, 1.807) is 6.92 Å². The summed E-state index contributed by atoms with van der Waals surface area (Å²) in [4.78, 5) is 10.7. The van der Waals surface area contributed by atoms with Crippen LogP contribution in [0, 0.1) is 5.41 Å². The first-order valence-electron chi connectivity index (χ1n) is 4.38. The highest BCUT2D eigenvalue weighted by molar-refractivity contribution is 5.75. The van der Waals surface area contributed by atoms with Gasteiger partial charge in [-0.1, -0.05) is 13.0 Å². The van der Waals surface area contributed by atoms with Crippen molar-refractivity contribution in [1.82, 2.24) is 0 Å². The van der Waals surface area contributed by atoms with E-state index in [-0.39, 0.29) is 12.4 Å². The van der Waals surface area contributed by atoms with Crippen molar-refractivity contribution in [3.8, 4) is 0 Å².